The van der Waals surface area contributed by atoms with Gasteiger partial charge in [0.25, 0.3) is 0 Å². The van der Waals surface area contributed by atoms with E-state index in [-0.39, 0.29) is 31.1 Å². The van der Waals surface area contributed by atoms with Crippen molar-refractivity contribution < 1.29 is 28.6 Å². The van der Waals surface area contributed by atoms with Crippen LogP contribution in [-0.4, -0.2) is 37.2 Å². The maximum atomic E-state index is 12.9. The fourth-order valence-corrected chi connectivity index (χ4v) is 8.79. The van der Waals surface area contributed by atoms with Crippen LogP contribution in [0, 0.1) is 0 Å². The maximum absolute atomic E-state index is 12.9. The fourth-order valence-electron chi connectivity index (χ4n) is 8.79. The number of carbonyl (C=O) groups excluding carboxylic acids is 3. The molecule has 0 aromatic heterocycles. The summed E-state index contributed by atoms with van der Waals surface area (Å²) in [6.07, 6.45) is 93.1. The van der Waals surface area contributed by atoms with Gasteiger partial charge in [0.2, 0.25) is 0 Å². The highest BCUT2D eigenvalue weighted by molar-refractivity contribution is 5.71. The van der Waals surface area contributed by atoms with Gasteiger partial charge in [0, 0.05) is 19.3 Å². The SMILES string of the molecule is CC/C=C\C/C=C\C/C=C\C/C=C\C/C=C\C/C=C\CCCCCCC(=O)OCC(COC(=O)CCCCCCC/C=C\C/C=C\C/C=C\CC)OC(=O)CCCCCCCCCCCCC/C=C\C/C=C\CCCCCCC. The van der Waals surface area contributed by atoms with Crippen molar-refractivity contribution >= 4 is 17.9 Å². The molecule has 79 heavy (non-hydrogen) atoms. The average molecular weight is 1090 g/mol. The van der Waals surface area contributed by atoms with Crippen molar-refractivity contribution in [2.45, 2.75) is 297 Å². The molecule has 0 amide bonds. The van der Waals surface area contributed by atoms with Gasteiger partial charge in [0.05, 0.1) is 0 Å². The average Bonchev–Trinajstić information content (AvgIpc) is 3.45. The molecular formula is C73H120O6. The van der Waals surface area contributed by atoms with Gasteiger partial charge in [0.1, 0.15) is 13.2 Å². The molecule has 0 spiro atoms. The Balaban J connectivity index is 4.44. The van der Waals surface area contributed by atoms with Crippen LogP contribution in [0.1, 0.15) is 290 Å². The highest BCUT2D eigenvalue weighted by Crippen LogP contribution is 2.15. The number of ether oxygens (including phenoxy) is 3. The summed E-state index contributed by atoms with van der Waals surface area (Å²) < 4.78 is 16.9. The zero-order valence-electron chi connectivity index (χ0n) is 51.3. The van der Waals surface area contributed by atoms with Crippen LogP contribution in [0.4, 0.5) is 0 Å². The third-order valence-corrected chi connectivity index (χ3v) is 13.6. The zero-order chi connectivity index (χ0) is 57.1. The Labute approximate surface area is 487 Å². The first-order chi connectivity index (χ1) is 39.0. The third kappa shape index (κ3) is 64.3. The second-order valence-electron chi connectivity index (χ2n) is 21.3. The van der Waals surface area contributed by atoms with E-state index in [1.807, 2.05) is 0 Å². The smallest absolute Gasteiger partial charge is 0.306 e. The van der Waals surface area contributed by atoms with E-state index in [1.165, 1.54) is 96.3 Å². The lowest BCUT2D eigenvalue weighted by Crippen LogP contribution is -2.30. The predicted octanol–water partition coefficient (Wildman–Crippen LogP) is 22.5. The number of unbranched alkanes of at least 4 members (excludes halogenated alkanes) is 25. The van der Waals surface area contributed by atoms with E-state index in [0.29, 0.717) is 19.3 Å². The molecular weight excluding hydrogens is 973 g/mol. The van der Waals surface area contributed by atoms with Crippen LogP contribution < -0.4 is 0 Å². The highest BCUT2D eigenvalue weighted by Gasteiger charge is 2.19. The van der Waals surface area contributed by atoms with Crippen LogP contribution in [0.3, 0.4) is 0 Å². The molecule has 0 aromatic carbocycles. The maximum Gasteiger partial charge on any atom is 0.306 e. The molecule has 0 radical (unpaired) electrons. The van der Waals surface area contributed by atoms with Crippen molar-refractivity contribution in [3.8, 4) is 0 Å². The number of esters is 3. The van der Waals surface area contributed by atoms with Crippen LogP contribution >= 0.6 is 0 Å². The van der Waals surface area contributed by atoms with Crippen molar-refractivity contribution in [2.75, 3.05) is 13.2 Å². The molecule has 0 heterocycles. The summed E-state index contributed by atoms with van der Waals surface area (Å²) in [6.45, 7) is 6.38. The van der Waals surface area contributed by atoms with Crippen LogP contribution in [0.25, 0.3) is 0 Å². The van der Waals surface area contributed by atoms with Gasteiger partial charge in [-0.2, -0.15) is 0 Å². The van der Waals surface area contributed by atoms with E-state index < -0.39 is 6.10 Å². The van der Waals surface area contributed by atoms with Crippen molar-refractivity contribution in [3.05, 3.63) is 134 Å². The molecule has 6 heteroatoms. The topological polar surface area (TPSA) is 78.9 Å². The Kier molecular flexibility index (Phi) is 62.3. The van der Waals surface area contributed by atoms with Crippen LogP contribution in [0.5, 0.6) is 0 Å². The first-order valence-corrected chi connectivity index (χ1v) is 32.7. The van der Waals surface area contributed by atoms with Crippen LogP contribution in [0.15, 0.2) is 134 Å². The molecule has 1 unspecified atom stereocenters. The first-order valence-electron chi connectivity index (χ1n) is 32.7. The van der Waals surface area contributed by atoms with Crippen molar-refractivity contribution in [3.63, 3.8) is 0 Å². The van der Waals surface area contributed by atoms with Crippen LogP contribution in [0.2, 0.25) is 0 Å². The molecule has 448 valence electrons. The quantitative estimate of drug-likeness (QED) is 0.0261. The molecule has 6 nitrogen and oxygen atoms in total. The standard InChI is InChI=1S/C73H120O6/c1-4-7-10-13-16-19-22-25-28-30-32-34-36-38-40-42-45-48-51-54-57-60-63-66-72(75)78-69-70(68-77-71(74)65-62-59-56-53-50-47-44-27-24-21-18-15-12-9-6-3)79-73(76)67-64-61-58-55-52-49-46-43-41-39-37-35-33-31-29-26-23-20-17-14-11-8-5-2/h7,9-10,12,16,18-19,21,23,25-28,31-34,38,40,44-45,48,70H,4-6,8,11,13-15,17,20,22,24,29-30,35-37,39,41-43,46-47,49-69H2,1-3H3/b10-7-,12-9-,19-16-,21-18-,26-23-,28-25-,33-31-,34-32-,40-38-,44-27-,48-45-. The van der Waals surface area contributed by atoms with E-state index in [9.17, 15) is 14.4 Å². The van der Waals surface area contributed by atoms with Gasteiger partial charge in [-0.15, -0.1) is 0 Å². The molecule has 0 saturated heterocycles. The molecule has 0 rings (SSSR count). The predicted molar refractivity (Wildman–Crippen MR) is 343 cm³/mol. The largest absolute Gasteiger partial charge is 0.462 e. The molecule has 1 atom stereocenters. The number of rotatable bonds is 58. The summed E-state index contributed by atoms with van der Waals surface area (Å²) in [6, 6.07) is 0. The number of hydrogen-bond donors (Lipinski definition) is 0. The molecule has 0 saturated carbocycles. The Morgan fingerprint density at radius 3 is 0.772 bits per heavy atom. The van der Waals surface area contributed by atoms with Gasteiger partial charge in [-0.25, -0.2) is 0 Å². The van der Waals surface area contributed by atoms with Gasteiger partial charge < -0.3 is 14.2 Å². The van der Waals surface area contributed by atoms with E-state index >= 15 is 0 Å². The molecule has 0 N–H and O–H groups in total. The van der Waals surface area contributed by atoms with E-state index in [0.717, 1.165) is 154 Å². The van der Waals surface area contributed by atoms with Crippen molar-refractivity contribution in [1.82, 2.24) is 0 Å². The normalized spacial score (nSPS) is 13.0. The summed E-state index contributed by atoms with van der Waals surface area (Å²) >= 11 is 0. The Hall–Kier alpha value is -4.45. The summed E-state index contributed by atoms with van der Waals surface area (Å²) in [7, 11) is 0. The second kappa shape index (κ2) is 66.1. The molecule has 0 aliphatic heterocycles. The fraction of sp³-hybridized carbons (Fsp3) is 0.658. The summed E-state index contributed by atoms with van der Waals surface area (Å²) in [5.74, 6) is -0.939. The molecule has 0 fully saturated rings. The van der Waals surface area contributed by atoms with Gasteiger partial charge in [-0.3, -0.25) is 14.4 Å². The summed E-state index contributed by atoms with van der Waals surface area (Å²) in [5.41, 5.74) is 0. The number of carbonyl (C=O) groups is 3. The van der Waals surface area contributed by atoms with Gasteiger partial charge >= 0.3 is 17.9 Å². The minimum absolute atomic E-state index is 0.0995. The van der Waals surface area contributed by atoms with Gasteiger partial charge in [-0.05, 0) is 135 Å². The third-order valence-electron chi connectivity index (χ3n) is 13.6. The monoisotopic (exact) mass is 1090 g/mol. The lowest BCUT2D eigenvalue weighted by molar-refractivity contribution is -0.167. The molecule has 0 aliphatic rings. The lowest BCUT2D eigenvalue weighted by Gasteiger charge is -2.18. The van der Waals surface area contributed by atoms with Crippen LogP contribution in [-0.2, 0) is 28.6 Å². The molecule has 0 aliphatic carbocycles. The molecule has 0 aromatic rings. The summed E-state index contributed by atoms with van der Waals surface area (Å²) in [4.78, 5) is 38.4. The Morgan fingerprint density at radius 2 is 0.494 bits per heavy atom. The minimum atomic E-state index is -0.804. The second-order valence-corrected chi connectivity index (χ2v) is 21.3. The summed E-state index contributed by atoms with van der Waals surface area (Å²) in [5, 5.41) is 0. The highest BCUT2D eigenvalue weighted by atomic mass is 16.6. The van der Waals surface area contributed by atoms with E-state index in [2.05, 4.69) is 154 Å². The van der Waals surface area contributed by atoms with E-state index in [1.54, 1.807) is 0 Å². The minimum Gasteiger partial charge on any atom is -0.462 e. The molecule has 0 bridgehead atoms. The van der Waals surface area contributed by atoms with Crippen molar-refractivity contribution in [2.24, 2.45) is 0 Å². The van der Waals surface area contributed by atoms with E-state index in [4.69, 9.17) is 14.2 Å². The van der Waals surface area contributed by atoms with Gasteiger partial charge in [-0.1, -0.05) is 270 Å². The van der Waals surface area contributed by atoms with Crippen molar-refractivity contribution in [1.29, 1.82) is 0 Å². The lowest BCUT2D eigenvalue weighted by atomic mass is 10.0. The Bertz CT molecular complexity index is 1680. The zero-order valence-corrected chi connectivity index (χ0v) is 51.3. The number of hydrogen-bond acceptors (Lipinski definition) is 6. The van der Waals surface area contributed by atoms with Gasteiger partial charge in [0.15, 0.2) is 6.10 Å². The number of allylic oxidation sites excluding steroid dienone is 22. The first kappa shape index (κ1) is 74.5. The Morgan fingerprint density at radius 1 is 0.266 bits per heavy atom.